The van der Waals surface area contributed by atoms with Crippen molar-refractivity contribution in [2.45, 2.75) is 37.0 Å². The smallest absolute Gasteiger partial charge is 0.284 e. The maximum Gasteiger partial charge on any atom is 0.293 e. The van der Waals surface area contributed by atoms with Crippen molar-refractivity contribution in [1.29, 1.82) is 0 Å². The summed E-state index contributed by atoms with van der Waals surface area (Å²) in [4.78, 5) is 0. The predicted molar refractivity (Wildman–Crippen MR) is 267 cm³/mol. The van der Waals surface area contributed by atoms with Crippen molar-refractivity contribution in [1.82, 2.24) is 0 Å². The van der Waals surface area contributed by atoms with Crippen molar-refractivity contribution in [2.24, 2.45) is 0 Å². The predicted octanol–water partition coefficient (Wildman–Crippen LogP) is 18.0. The molecule has 41 heavy (non-hydrogen) atoms. The van der Waals surface area contributed by atoms with Crippen molar-refractivity contribution in [2.75, 3.05) is 0 Å². The average Bonchev–Trinajstić information content (AvgIpc) is 2.70. The molecule has 0 amide bonds. The fraction of sp³-hybridized carbons (Fsp3) is 1.00. The van der Waals surface area contributed by atoms with Gasteiger partial charge in [-0.05, 0) is 31.9 Å². The molecule has 0 heterocycles. The van der Waals surface area contributed by atoms with E-state index < -0.39 is 47.2 Å². The van der Waals surface area contributed by atoms with Crippen LogP contribution in [0.25, 0.3) is 0 Å². The molecule has 0 aromatic carbocycles. The molecule has 0 radical (unpaired) electrons. The van der Waals surface area contributed by atoms with Gasteiger partial charge in [0.2, 0.25) is 2.57 Å². The standard InChI is InChI=1S/C12HBr25O3S/c13-1(14,3(17,18)5(21,22)7(25,26)9(29,30)11(33,34)35)2(15,16)4(19,20)6(23,24)8(27,28)10(31,32)12(36,37)41(38,39)40/h(H,38,39,40). The summed E-state index contributed by atoms with van der Waals surface area (Å²) in [5.74, 6) is 0. The first-order valence-electron chi connectivity index (χ1n) is 8.19. The number of hydrogen-bond donors (Lipinski definition) is 1. The van der Waals surface area contributed by atoms with Crippen molar-refractivity contribution in [3.05, 3.63) is 0 Å². The van der Waals surface area contributed by atoms with Crippen LogP contribution in [-0.2, 0) is 10.1 Å². The zero-order valence-corrected chi connectivity index (χ0v) is 57.6. The van der Waals surface area contributed by atoms with Crippen LogP contribution in [0.5, 0.6) is 0 Å². The van der Waals surface area contributed by atoms with Gasteiger partial charge in [-0.15, -0.1) is 0 Å². The molecular formula is C12HBr25O3S. The quantitative estimate of drug-likeness (QED) is 0.166. The van der Waals surface area contributed by atoms with E-state index in [0.29, 0.717) is 0 Å². The summed E-state index contributed by atoms with van der Waals surface area (Å²) < 4.78 is 18.0. The Hall–Kier alpha value is 11.9. The molecule has 0 aromatic heterocycles. The summed E-state index contributed by atoms with van der Waals surface area (Å²) in [6.45, 7) is 0. The highest BCUT2D eigenvalue weighted by Crippen LogP contribution is 2.81. The first-order chi connectivity index (χ1) is 17.0. The van der Waals surface area contributed by atoms with E-state index in [1.165, 1.54) is 0 Å². The Morgan fingerprint density at radius 3 is 0.585 bits per heavy atom. The van der Waals surface area contributed by atoms with Crippen LogP contribution in [0.3, 0.4) is 0 Å². The lowest BCUT2D eigenvalue weighted by atomic mass is 10.0. The molecule has 29 heteroatoms. The highest BCUT2D eigenvalue weighted by atomic mass is 80.0. The Morgan fingerprint density at radius 1 is 0.293 bits per heavy atom. The first-order valence-corrected chi connectivity index (χ1v) is 29.5. The van der Waals surface area contributed by atoms with E-state index in [4.69, 9.17) is 0 Å². The van der Waals surface area contributed by atoms with Gasteiger partial charge in [0, 0.05) is 0 Å². The summed E-state index contributed by atoms with van der Waals surface area (Å²) in [6.07, 6.45) is 0. The molecule has 248 valence electrons. The zero-order valence-electron chi connectivity index (χ0n) is 17.1. The van der Waals surface area contributed by atoms with Crippen LogP contribution in [0.2, 0.25) is 0 Å². The third-order valence-electron chi connectivity index (χ3n) is 4.59. The van der Waals surface area contributed by atoms with Crippen molar-refractivity contribution in [3.8, 4) is 0 Å². The zero-order chi connectivity index (χ0) is 34.5. The first kappa shape index (κ1) is 52.9. The summed E-state index contributed by atoms with van der Waals surface area (Å²) in [6, 6.07) is 0. The molecular weight excluding hydrogens is 2220 g/mol. The molecule has 0 aliphatic carbocycles. The van der Waals surface area contributed by atoms with Crippen LogP contribution in [0.4, 0.5) is 0 Å². The second kappa shape index (κ2) is 16.6. The fourth-order valence-electron chi connectivity index (χ4n) is 2.10. The molecule has 0 fully saturated rings. The van der Waals surface area contributed by atoms with Gasteiger partial charge in [-0.25, -0.2) is 0 Å². The lowest BCUT2D eigenvalue weighted by molar-refractivity contribution is 0.470. The van der Waals surface area contributed by atoms with Gasteiger partial charge < -0.3 is 0 Å². The monoisotopic (exact) mass is 2200 g/mol. The maximum atomic E-state index is 12.4. The van der Waals surface area contributed by atoms with Crippen LogP contribution in [0.15, 0.2) is 0 Å². The number of hydrogen-bond acceptors (Lipinski definition) is 2. The van der Waals surface area contributed by atoms with Gasteiger partial charge in [0.25, 0.3) is 10.1 Å². The third-order valence-corrected chi connectivity index (χ3v) is 59.8. The number of alkyl halides is 25. The molecule has 0 saturated heterocycles. The minimum Gasteiger partial charge on any atom is -0.284 e. The van der Waals surface area contributed by atoms with Crippen LogP contribution in [-0.4, -0.2) is 50.0 Å². The maximum absolute atomic E-state index is 12.4. The van der Waals surface area contributed by atoms with Gasteiger partial charge in [-0.2, -0.15) is 8.42 Å². The Kier molecular flexibility index (Phi) is 21.5. The minimum atomic E-state index is -4.79. The summed E-state index contributed by atoms with van der Waals surface area (Å²) in [5.41, 5.74) is 0. The molecule has 0 aliphatic rings. The van der Waals surface area contributed by atoms with Gasteiger partial charge in [-0.1, -0.05) is 366 Å². The Labute approximate surface area is 447 Å². The molecule has 0 rings (SSSR count). The molecule has 0 bridgehead atoms. The summed E-state index contributed by atoms with van der Waals surface area (Å²) in [5, 5.41) is 0. The number of halogens is 25. The number of rotatable bonds is 11. The molecule has 1 N–H and O–H groups in total. The van der Waals surface area contributed by atoms with Gasteiger partial charge in [0.15, 0.2) is 2.14 Å². The molecule has 0 saturated carbocycles. The van der Waals surface area contributed by atoms with E-state index in [1.807, 2.05) is 0 Å². The van der Waals surface area contributed by atoms with E-state index in [9.17, 15) is 13.0 Å². The molecule has 0 aromatic rings. The Morgan fingerprint density at radius 2 is 0.439 bits per heavy atom. The fourth-order valence-corrected chi connectivity index (χ4v) is 27.4. The van der Waals surface area contributed by atoms with E-state index in [0.717, 1.165) is 0 Å². The molecule has 0 unspecified atom stereocenters. The van der Waals surface area contributed by atoms with E-state index in [2.05, 4.69) is 398 Å². The van der Waals surface area contributed by atoms with Crippen molar-refractivity contribution >= 4 is 408 Å². The summed E-state index contributed by atoms with van der Waals surface area (Å²) >= 11 is 91.5. The summed E-state index contributed by atoms with van der Waals surface area (Å²) in [7, 11) is -4.79. The van der Waals surface area contributed by atoms with Gasteiger partial charge in [-0.3, -0.25) is 4.55 Å². The second-order valence-electron chi connectivity index (χ2n) is 7.23. The van der Waals surface area contributed by atoms with E-state index >= 15 is 0 Å². The SMILES string of the molecule is O=S(=O)(O)C(Br)(Br)C(Br)(Br)C(Br)(Br)C(Br)(Br)C(Br)(Br)C(Br)(Br)C(Br)(Br)C(Br)(Br)C(Br)(Br)C(Br)(Br)C(Br)(Br)C(Br)(Br)Br. The second-order valence-corrected chi connectivity index (χ2v) is 54.5. The molecule has 3 nitrogen and oxygen atoms in total. The Bertz CT molecular complexity index is 1100. The van der Waals surface area contributed by atoms with Gasteiger partial charge >= 0.3 is 0 Å². The van der Waals surface area contributed by atoms with Crippen LogP contribution in [0, 0.1) is 0 Å². The van der Waals surface area contributed by atoms with Crippen LogP contribution >= 0.6 is 398 Å². The van der Waals surface area contributed by atoms with Crippen molar-refractivity contribution < 1.29 is 13.0 Å². The highest BCUT2D eigenvalue weighted by molar-refractivity contribution is 9.42. The van der Waals surface area contributed by atoms with Crippen LogP contribution < -0.4 is 0 Å². The average molecular weight is 2220 g/mol. The lowest BCUT2D eigenvalue weighted by Gasteiger charge is -2.60. The van der Waals surface area contributed by atoms with Crippen LogP contribution in [0.1, 0.15) is 0 Å². The largest absolute Gasteiger partial charge is 0.293 e. The minimum absolute atomic E-state index is 0.919. The molecule has 0 spiro atoms. The van der Waals surface area contributed by atoms with Crippen molar-refractivity contribution in [3.63, 3.8) is 0 Å². The molecule has 0 atom stereocenters. The third kappa shape index (κ3) is 8.99. The van der Waals surface area contributed by atoms with E-state index in [1.54, 1.807) is 0 Å². The topological polar surface area (TPSA) is 54.4 Å². The van der Waals surface area contributed by atoms with Gasteiger partial charge in [0.05, 0.1) is 0 Å². The van der Waals surface area contributed by atoms with E-state index in [-0.39, 0.29) is 0 Å². The van der Waals surface area contributed by atoms with Gasteiger partial charge in [0.1, 0.15) is 32.3 Å². The molecule has 0 aliphatic heterocycles. The highest BCUT2D eigenvalue weighted by Gasteiger charge is 2.82. The Balaban J connectivity index is 7.45. The normalized spacial score (nSPS) is 17.2. The lowest BCUT2D eigenvalue weighted by Crippen LogP contribution is -2.72.